The summed E-state index contributed by atoms with van der Waals surface area (Å²) >= 11 is 1.97. The van der Waals surface area contributed by atoms with Crippen LogP contribution in [0.1, 0.15) is 30.0 Å². The molecule has 0 heterocycles. The van der Waals surface area contributed by atoms with Crippen LogP contribution < -0.4 is 11.3 Å². The van der Waals surface area contributed by atoms with E-state index < -0.39 is 0 Å². The van der Waals surface area contributed by atoms with Crippen LogP contribution in [0, 0.1) is 13.8 Å². The molecule has 17 heavy (non-hydrogen) atoms. The van der Waals surface area contributed by atoms with Crippen LogP contribution in [-0.4, -0.2) is 17.5 Å². The maximum absolute atomic E-state index is 5.62. The molecule has 0 saturated heterocycles. The van der Waals surface area contributed by atoms with E-state index in [2.05, 4.69) is 44.4 Å². The lowest BCUT2D eigenvalue weighted by molar-refractivity contribution is 0.575. The van der Waals surface area contributed by atoms with Crippen molar-refractivity contribution < 1.29 is 0 Å². The fourth-order valence-electron chi connectivity index (χ4n) is 2.01. The Balaban J connectivity index is 2.54. The van der Waals surface area contributed by atoms with Crippen LogP contribution in [0.15, 0.2) is 18.2 Å². The van der Waals surface area contributed by atoms with Crippen LogP contribution in [0.25, 0.3) is 0 Å². The Morgan fingerprint density at radius 3 is 2.41 bits per heavy atom. The zero-order chi connectivity index (χ0) is 12.7. The van der Waals surface area contributed by atoms with Gasteiger partial charge in [0, 0.05) is 11.8 Å². The maximum atomic E-state index is 5.62. The van der Waals surface area contributed by atoms with Crippen LogP contribution in [0.4, 0.5) is 0 Å². The van der Waals surface area contributed by atoms with Crippen LogP contribution in [0.3, 0.4) is 0 Å². The molecule has 0 aliphatic rings. The molecule has 1 rings (SSSR count). The maximum Gasteiger partial charge on any atom is 0.0341 e. The van der Waals surface area contributed by atoms with E-state index in [9.17, 15) is 0 Å². The molecule has 0 aromatic heterocycles. The molecule has 2 nitrogen and oxygen atoms in total. The van der Waals surface area contributed by atoms with E-state index >= 15 is 0 Å². The molecule has 0 aliphatic carbocycles. The van der Waals surface area contributed by atoms with Crippen molar-refractivity contribution in [2.24, 2.45) is 5.84 Å². The Morgan fingerprint density at radius 1 is 1.24 bits per heavy atom. The molecular weight excluding hydrogens is 228 g/mol. The second kappa shape index (κ2) is 7.75. The molecule has 0 bridgehead atoms. The second-order valence-electron chi connectivity index (χ2n) is 4.64. The first-order valence-electron chi connectivity index (χ1n) is 6.26. The van der Waals surface area contributed by atoms with Crippen molar-refractivity contribution in [1.29, 1.82) is 0 Å². The molecule has 1 atom stereocenters. The predicted molar refractivity (Wildman–Crippen MR) is 78.3 cm³/mol. The Hall–Kier alpha value is -0.510. The van der Waals surface area contributed by atoms with Gasteiger partial charge in [0.1, 0.15) is 0 Å². The highest BCUT2D eigenvalue weighted by Gasteiger charge is 2.08. The molecule has 1 unspecified atom stereocenters. The molecule has 1 aromatic carbocycles. The van der Waals surface area contributed by atoms with Crippen LogP contribution in [0.5, 0.6) is 0 Å². The third-order valence-corrected chi connectivity index (χ3v) is 4.00. The fraction of sp³-hybridized carbons (Fsp3) is 0.571. The third-order valence-electron chi connectivity index (χ3n) is 2.67. The minimum Gasteiger partial charge on any atom is -0.271 e. The van der Waals surface area contributed by atoms with Gasteiger partial charge in [-0.15, -0.1) is 0 Å². The van der Waals surface area contributed by atoms with E-state index in [4.69, 9.17) is 5.84 Å². The highest BCUT2D eigenvalue weighted by atomic mass is 32.2. The normalized spacial score (nSPS) is 12.7. The van der Waals surface area contributed by atoms with Crippen molar-refractivity contribution in [3.8, 4) is 0 Å². The number of nitrogens with one attached hydrogen (secondary N) is 1. The first-order chi connectivity index (χ1) is 8.15. The molecule has 1 aromatic rings. The average Bonchev–Trinajstić information content (AvgIpc) is 2.26. The summed E-state index contributed by atoms with van der Waals surface area (Å²) in [7, 11) is 0. The van der Waals surface area contributed by atoms with Gasteiger partial charge in [0.05, 0.1) is 0 Å². The van der Waals surface area contributed by atoms with E-state index in [1.54, 1.807) is 0 Å². The Morgan fingerprint density at radius 2 is 1.88 bits per heavy atom. The molecule has 0 aliphatic heterocycles. The van der Waals surface area contributed by atoms with Gasteiger partial charge in [0.2, 0.25) is 0 Å². The van der Waals surface area contributed by atoms with E-state index in [0.717, 1.165) is 12.2 Å². The molecule has 3 N–H and O–H groups in total. The second-order valence-corrected chi connectivity index (χ2v) is 5.79. The summed E-state index contributed by atoms with van der Waals surface area (Å²) < 4.78 is 0. The SMILES string of the molecule is CCCSCC(Cc1cc(C)cc(C)c1)NN. The lowest BCUT2D eigenvalue weighted by atomic mass is 10.0. The highest BCUT2D eigenvalue weighted by molar-refractivity contribution is 7.99. The summed E-state index contributed by atoms with van der Waals surface area (Å²) in [4.78, 5) is 0. The molecule has 0 spiro atoms. The molecular formula is C14H24N2S. The van der Waals surface area contributed by atoms with Crippen LogP contribution in [0.2, 0.25) is 0 Å². The largest absolute Gasteiger partial charge is 0.271 e. The van der Waals surface area contributed by atoms with Crippen LogP contribution >= 0.6 is 11.8 Å². The van der Waals surface area contributed by atoms with Crippen molar-refractivity contribution in [3.05, 3.63) is 34.9 Å². The molecule has 0 fully saturated rings. The molecule has 0 radical (unpaired) electrons. The highest BCUT2D eigenvalue weighted by Crippen LogP contribution is 2.13. The third kappa shape index (κ3) is 5.57. The zero-order valence-corrected chi connectivity index (χ0v) is 11.9. The molecule has 96 valence electrons. The van der Waals surface area contributed by atoms with Gasteiger partial charge in [-0.1, -0.05) is 36.2 Å². The Labute approximate surface area is 109 Å². The summed E-state index contributed by atoms with van der Waals surface area (Å²) in [5.41, 5.74) is 6.97. The zero-order valence-electron chi connectivity index (χ0n) is 11.1. The Kier molecular flexibility index (Phi) is 6.63. The van der Waals surface area contributed by atoms with Crippen molar-refractivity contribution in [2.45, 2.75) is 39.7 Å². The van der Waals surface area contributed by atoms with Gasteiger partial charge < -0.3 is 0 Å². The first kappa shape index (κ1) is 14.6. The topological polar surface area (TPSA) is 38.0 Å². The van der Waals surface area contributed by atoms with Crippen molar-refractivity contribution in [2.75, 3.05) is 11.5 Å². The summed E-state index contributed by atoms with van der Waals surface area (Å²) in [5.74, 6) is 7.91. The molecule has 3 heteroatoms. The van der Waals surface area contributed by atoms with Gasteiger partial charge >= 0.3 is 0 Å². The van der Waals surface area contributed by atoms with E-state index in [0.29, 0.717) is 6.04 Å². The van der Waals surface area contributed by atoms with Gasteiger partial charge in [-0.2, -0.15) is 11.8 Å². The van der Waals surface area contributed by atoms with Crippen LogP contribution in [-0.2, 0) is 6.42 Å². The van der Waals surface area contributed by atoms with Gasteiger partial charge in [-0.05, 0) is 38.0 Å². The number of benzene rings is 1. The van der Waals surface area contributed by atoms with Gasteiger partial charge in [0.15, 0.2) is 0 Å². The summed E-state index contributed by atoms with van der Waals surface area (Å²) in [6.45, 7) is 6.50. The first-order valence-corrected chi connectivity index (χ1v) is 7.42. The number of nitrogens with two attached hydrogens (primary N) is 1. The predicted octanol–water partition coefficient (Wildman–Crippen LogP) is 2.82. The number of hydrogen-bond donors (Lipinski definition) is 2. The fourth-order valence-corrected chi connectivity index (χ4v) is 2.96. The minimum atomic E-state index is 0.368. The smallest absolute Gasteiger partial charge is 0.0341 e. The van der Waals surface area contributed by atoms with Gasteiger partial charge in [0.25, 0.3) is 0 Å². The van der Waals surface area contributed by atoms with E-state index in [1.165, 1.54) is 28.9 Å². The van der Waals surface area contributed by atoms with Gasteiger partial charge in [-0.3, -0.25) is 11.3 Å². The van der Waals surface area contributed by atoms with Crippen molar-refractivity contribution in [3.63, 3.8) is 0 Å². The minimum absolute atomic E-state index is 0.368. The van der Waals surface area contributed by atoms with E-state index in [-0.39, 0.29) is 0 Å². The monoisotopic (exact) mass is 252 g/mol. The summed E-state index contributed by atoms with van der Waals surface area (Å²) in [5, 5.41) is 0. The number of rotatable bonds is 7. The number of thioether (sulfide) groups is 1. The summed E-state index contributed by atoms with van der Waals surface area (Å²) in [6.07, 6.45) is 2.24. The lowest BCUT2D eigenvalue weighted by Crippen LogP contribution is -2.38. The quantitative estimate of drug-likeness (QED) is 0.445. The molecule has 0 saturated carbocycles. The Bertz CT molecular complexity index is 319. The van der Waals surface area contributed by atoms with Crippen molar-refractivity contribution in [1.82, 2.24) is 5.43 Å². The lowest BCUT2D eigenvalue weighted by Gasteiger charge is -2.16. The van der Waals surface area contributed by atoms with Gasteiger partial charge in [-0.25, -0.2) is 0 Å². The van der Waals surface area contributed by atoms with Crippen molar-refractivity contribution >= 4 is 11.8 Å². The average molecular weight is 252 g/mol. The van der Waals surface area contributed by atoms with E-state index in [1.807, 2.05) is 11.8 Å². The number of hydrogen-bond acceptors (Lipinski definition) is 3. The molecule has 0 amide bonds. The number of hydrazine groups is 1. The summed E-state index contributed by atoms with van der Waals surface area (Å²) in [6, 6.07) is 7.08. The standard InChI is InChI=1S/C14H24N2S/c1-4-5-17-10-14(16-15)9-13-7-11(2)6-12(3)8-13/h6-8,14,16H,4-5,9-10,15H2,1-3H3. The number of aryl methyl sites for hydroxylation is 2.